The molecule has 4 heteroatoms. The maximum atomic E-state index is 12.0. The minimum atomic E-state index is -0.0735. The van der Waals surface area contributed by atoms with Gasteiger partial charge in [-0.15, -0.1) is 0 Å². The smallest absolute Gasteiger partial charge is 0.223 e. The number of hydrogen-bond acceptors (Lipinski definition) is 3. The lowest BCUT2D eigenvalue weighted by atomic mass is 9.85. The van der Waals surface area contributed by atoms with Gasteiger partial charge in [0.05, 0.1) is 12.3 Å². The molecular weight excluding hydrogens is 216 g/mol. The van der Waals surface area contributed by atoms with Crippen LogP contribution in [-0.2, 0) is 4.79 Å². The van der Waals surface area contributed by atoms with Gasteiger partial charge in [0, 0.05) is 12.0 Å². The van der Waals surface area contributed by atoms with Gasteiger partial charge in [-0.3, -0.25) is 4.79 Å². The molecule has 0 aromatic carbocycles. The summed E-state index contributed by atoms with van der Waals surface area (Å²) in [5, 5.41) is 2.98. The molecule has 1 heterocycles. The molecule has 1 aliphatic rings. The van der Waals surface area contributed by atoms with E-state index in [2.05, 4.69) is 5.32 Å². The van der Waals surface area contributed by atoms with Gasteiger partial charge in [0.25, 0.3) is 0 Å². The molecule has 0 aliphatic heterocycles. The van der Waals surface area contributed by atoms with Crippen LogP contribution in [0.5, 0.6) is 0 Å². The van der Waals surface area contributed by atoms with E-state index in [0.29, 0.717) is 0 Å². The number of furan rings is 1. The Morgan fingerprint density at radius 2 is 2.41 bits per heavy atom. The summed E-state index contributed by atoms with van der Waals surface area (Å²) in [5.41, 5.74) is 5.89. The highest BCUT2D eigenvalue weighted by Crippen LogP contribution is 2.24. The predicted octanol–water partition coefficient (Wildman–Crippen LogP) is 1.97. The third kappa shape index (κ3) is 3.09. The topological polar surface area (TPSA) is 68.3 Å². The van der Waals surface area contributed by atoms with E-state index < -0.39 is 0 Å². The maximum Gasteiger partial charge on any atom is 0.223 e. The van der Waals surface area contributed by atoms with Crippen molar-refractivity contribution in [3.05, 3.63) is 24.2 Å². The van der Waals surface area contributed by atoms with Gasteiger partial charge in [0.1, 0.15) is 5.76 Å². The summed E-state index contributed by atoms with van der Waals surface area (Å²) in [6.45, 7) is 1.93. The van der Waals surface area contributed by atoms with Crippen molar-refractivity contribution in [1.29, 1.82) is 0 Å². The molecular formula is C13H20N2O2. The van der Waals surface area contributed by atoms with Crippen molar-refractivity contribution in [3.63, 3.8) is 0 Å². The Labute approximate surface area is 102 Å². The van der Waals surface area contributed by atoms with E-state index in [4.69, 9.17) is 10.2 Å². The van der Waals surface area contributed by atoms with Crippen molar-refractivity contribution in [2.75, 3.05) is 0 Å². The number of nitrogens with one attached hydrogen (secondary N) is 1. The Morgan fingerprint density at radius 1 is 1.59 bits per heavy atom. The quantitative estimate of drug-likeness (QED) is 0.843. The first kappa shape index (κ1) is 12.2. The predicted molar refractivity (Wildman–Crippen MR) is 65.2 cm³/mol. The molecule has 0 spiro atoms. The fraction of sp³-hybridized carbons (Fsp3) is 0.615. The first-order valence-corrected chi connectivity index (χ1v) is 6.26. The zero-order chi connectivity index (χ0) is 12.3. The number of nitrogens with two attached hydrogens (primary N) is 1. The monoisotopic (exact) mass is 236 g/mol. The van der Waals surface area contributed by atoms with Crippen LogP contribution in [0, 0.1) is 5.92 Å². The van der Waals surface area contributed by atoms with Crippen LogP contribution in [0.15, 0.2) is 22.8 Å². The summed E-state index contributed by atoms with van der Waals surface area (Å²) in [5.74, 6) is 0.957. The normalized spacial score (nSPS) is 26.5. The molecule has 2 rings (SSSR count). The fourth-order valence-electron chi connectivity index (χ4n) is 2.41. The molecule has 1 fully saturated rings. The fourth-order valence-corrected chi connectivity index (χ4v) is 2.41. The molecule has 0 radical (unpaired) electrons. The summed E-state index contributed by atoms with van der Waals surface area (Å²) in [4.78, 5) is 12.0. The van der Waals surface area contributed by atoms with Crippen LogP contribution >= 0.6 is 0 Å². The molecule has 1 amide bonds. The van der Waals surface area contributed by atoms with Crippen LogP contribution < -0.4 is 11.1 Å². The molecule has 94 valence electrons. The minimum absolute atomic E-state index is 0.0659. The highest BCUT2D eigenvalue weighted by molar-refractivity contribution is 5.79. The largest absolute Gasteiger partial charge is 0.467 e. The average molecular weight is 236 g/mol. The standard InChI is InChI=1S/C13H20N2O2/c1-9(12-6-3-7-17-12)15-13(16)10-4-2-5-11(14)8-10/h3,6-7,9-11H,2,4-5,8,14H2,1H3,(H,15,16)/t9-,10?,11?/m0/s1. The van der Waals surface area contributed by atoms with Crippen LogP contribution in [0.3, 0.4) is 0 Å². The second kappa shape index (κ2) is 5.36. The summed E-state index contributed by atoms with van der Waals surface area (Å²) in [7, 11) is 0. The third-order valence-corrected chi connectivity index (χ3v) is 3.41. The van der Waals surface area contributed by atoms with Crippen molar-refractivity contribution in [2.45, 2.75) is 44.7 Å². The first-order chi connectivity index (χ1) is 8.16. The molecule has 4 nitrogen and oxygen atoms in total. The summed E-state index contributed by atoms with van der Waals surface area (Å²) in [6.07, 6.45) is 5.46. The Morgan fingerprint density at radius 3 is 3.06 bits per heavy atom. The minimum Gasteiger partial charge on any atom is -0.467 e. The Bertz CT molecular complexity index is 362. The number of hydrogen-bond donors (Lipinski definition) is 2. The Balaban J connectivity index is 1.88. The van der Waals surface area contributed by atoms with E-state index in [1.165, 1.54) is 0 Å². The molecule has 17 heavy (non-hydrogen) atoms. The molecule has 1 aromatic heterocycles. The van der Waals surface area contributed by atoms with Gasteiger partial charge in [0.15, 0.2) is 0 Å². The number of carbonyl (C=O) groups excluding carboxylic acids is 1. The van der Waals surface area contributed by atoms with Crippen LogP contribution in [0.4, 0.5) is 0 Å². The first-order valence-electron chi connectivity index (χ1n) is 6.26. The van der Waals surface area contributed by atoms with E-state index in [0.717, 1.165) is 31.4 Å². The highest BCUT2D eigenvalue weighted by atomic mass is 16.3. The van der Waals surface area contributed by atoms with Crippen molar-refractivity contribution in [2.24, 2.45) is 11.7 Å². The van der Waals surface area contributed by atoms with Gasteiger partial charge in [-0.1, -0.05) is 6.42 Å². The SMILES string of the molecule is C[C@H](NC(=O)C1CCCC(N)C1)c1ccco1. The lowest BCUT2D eigenvalue weighted by Crippen LogP contribution is -2.38. The van der Waals surface area contributed by atoms with Gasteiger partial charge in [0.2, 0.25) is 5.91 Å². The Kier molecular flexibility index (Phi) is 3.84. The summed E-state index contributed by atoms with van der Waals surface area (Å²) >= 11 is 0. The zero-order valence-corrected chi connectivity index (χ0v) is 10.2. The van der Waals surface area contributed by atoms with Gasteiger partial charge in [-0.25, -0.2) is 0 Å². The molecule has 1 aliphatic carbocycles. The van der Waals surface area contributed by atoms with Crippen molar-refractivity contribution >= 4 is 5.91 Å². The highest BCUT2D eigenvalue weighted by Gasteiger charge is 2.26. The lowest BCUT2D eigenvalue weighted by Gasteiger charge is -2.26. The Hall–Kier alpha value is -1.29. The van der Waals surface area contributed by atoms with Crippen LogP contribution in [0.25, 0.3) is 0 Å². The number of carbonyl (C=O) groups is 1. The molecule has 1 saturated carbocycles. The second-order valence-corrected chi connectivity index (χ2v) is 4.87. The van der Waals surface area contributed by atoms with Gasteiger partial charge in [-0.2, -0.15) is 0 Å². The van der Waals surface area contributed by atoms with E-state index in [9.17, 15) is 4.79 Å². The van der Waals surface area contributed by atoms with Crippen LogP contribution in [0.1, 0.15) is 44.4 Å². The van der Waals surface area contributed by atoms with Crippen LogP contribution in [-0.4, -0.2) is 11.9 Å². The molecule has 0 bridgehead atoms. The number of amides is 1. The second-order valence-electron chi connectivity index (χ2n) is 4.87. The van der Waals surface area contributed by atoms with Gasteiger partial charge >= 0.3 is 0 Å². The van der Waals surface area contributed by atoms with E-state index in [1.54, 1.807) is 6.26 Å². The molecule has 0 saturated heterocycles. The summed E-state index contributed by atoms with van der Waals surface area (Å²) < 4.78 is 5.27. The maximum absolute atomic E-state index is 12.0. The molecule has 3 N–H and O–H groups in total. The lowest BCUT2D eigenvalue weighted by molar-refractivity contribution is -0.126. The van der Waals surface area contributed by atoms with E-state index >= 15 is 0 Å². The third-order valence-electron chi connectivity index (χ3n) is 3.41. The molecule has 2 unspecified atom stereocenters. The summed E-state index contributed by atoms with van der Waals surface area (Å²) in [6, 6.07) is 3.81. The molecule has 3 atom stereocenters. The van der Waals surface area contributed by atoms with Crippen LogP contribution in [0.2, 0.25) is 0 Å². The van der Waals surface area contributed by atoms with Crippen molar-refractivity contribution < 1.29 is 9.21 Å². The van der Waals surface area contributed by atoms with Crippen molar-refractivity contribution in [1.82, 2.24) is 5.32 Å². The number of rotatable bonds is 3. The van der Waals surface area contributed by atoms with Gasteiger partial charge < -0.3 is 15.5 Å². The average Bonchev–Trinajstić information content (AvgIpc) is 2.82. The van der Waals surface area contributed by atoms with Gasteiger partial charge in [-0.05, 0) is 38.3 Å². The van der Waals surface area contributed by atoms with E-state index in [1.807, 2.05) is 19.1 Å². The van der Waals surface area contributed by atoms with E-state index in [-0.39, 0.29) is 23.9 Å². The molecule has 1 aromatic rings. The van der Waals surface area contributed by atoms with Crippen molar-refractivity contribution in [3.8, 4) is 0 Å². The zero-order valence-electron chi connectivity index (χ0n) is 10.2.